The summed E-state index contributed by atoms with van der Waals surface area (Å²) in [4.78, 5) is 60.7. The molecule has 200 valence electrons. The van der Waals surface area contributed by atoms with Crippen molar-refractivity contribution in [1.29, 1.82) is 0 Å². The van der Waals surface area contributed by atoms with Crippen molar-refractivity contribution in [1.82, 2.24) is 19.6 Å². The van der Waals surface area contributed by atoms with Crippen LogP contribution >= 0.6 is 0 Å². The highest BCUT2D eigenvalue weighted by atomic mass is 16.2. The van der Waals surface area contributed by atoms with E-state index < -0.39 is 11.8 Å². The van der Waals surface area contributed by atoms with Crippen molar-refractivity contribution in [3.05, 3.63) is 46.6 Å². The van der Waals surface area contributed by atoms with Crippen LogP contribution in [-0.4, -0.2) is 96.6 Å². The first kappa shape index (κ1) is 27.2. The number of hydrogen-bond acceptors (Lipinski definition) is 6. The van der Waals surface area contributed by atoms with Gasteiger partial charge in [-0.2, -0.15) is 0 Å². The lowest BCUT2D eigenvalue weighted by molar-refractivity contribution is -0.148. The molecule has 0 aromatic rings. The van der Waals surface area contributed by atoms with Gasteiger partial charge in [0.2, 0.25) is 11.8 Å². The van der Waals surface area contributed by atoms with Crippen molar-refractivity contribution in [2.45, 2.75) is 46.0 Å². The number of nitrogens with zero attached hydrogens (tertiary/aromatic N) is 4. The van der Waals surface area contributed by atoms with Gasteiger partial charge in [-0.3, -0.25) is 29.0 Å². The second-order valence-electron chi connectivity index (χ2n) is 10.6. The molecule has 8 heteroatoms. The first-order valence-corrected chi connectivity index (χ1v) is 13.7. The minimum absolute atomic E-state index is 0.267. The average Bonchev–Trinajstić information content (AvgIpc) is 2.89. The number of carbonyl (C=O) groups excluding carboxylic acids is 4. The van der Waals surface area contributed by atoms with E-state index in [9.17, 15) is 19.2 Å². The Morgan fingerprint density at radius 3 is 1.57 bits per heavy atom. The van der Waals surface area contributed by atoms with E-state index in [-0.39, 0.29) is 23.6 Å². The molecule has 8 nitrogen and oxygen atoms in total. The van der Waals surface area contributed by atoms with Crippen molar-refractivity contribution < 1.29 is 19.2 Å². The van der Waals surface area contributed by atoms with Crippen molar-refractivity contribution in [2.24, 2.45) is 11.8 Å². The van der Waals surface area contributed by atoms with Gasteiger partial charge in [-0.15, -0.1) is 0 Å². The van der Waals surface area contributed by atoms with Crippen LogP contribution in [0.2, 0.25) is 0 Å². The first-order chi connectivity index (χ1) is 17.8. The second kappa shape index (κ2) is 11.7. The van der Waals surface area contributed by atoms with Crippen LogP contribution in [0.15, 0.2) is 46.6 Å². The zero-order chi connectivity index (χ0) is 26.7. The van der Waals surface area contributed by atoms with Gasteiger partial charge in [-0.25, -0.2) is 0 Å². The number of unbranched alkanes of at least 4 members (excludes halogenated alkanes) is 2. The molecule has 0 spiro atoms. The van der Waals surface area contributed by atoms with E-state index in [1.165, 1.54) is 9.80 Å². The smallest absolute Gasteiger partial charge is 0.260 e. The van der Waals surface area contributed by atoms with Crippen LogP contribution in [-0.2, 0) is 19.2 Å². The molecule has 0 fully saturated rings. The van der Waals surface area contributed by atoms with Crippen molar-refractivity contribution in [2.75, 3.05) is 53.4 Å². The van der Waals surface area contributed by atoms with Gasteiger partial charge < -0.3 is 9.80 Å². The van der Waals surface area contributed by atoms with E-state index in [0.29, 0.717) is 48.3 Å². The standard InChI is InChI=1S/C29H40N4O4/c1-5-7-14-30(3)16-9-17-32-26(34)20-10-12-22-25-23(13-11-21(24(20)25)27(32)35)29(37)33(28(22)36)19-18-31(4)15-8-6-2/h10-13,20,23H,5-9,14-19H2,1-4H3. The molecule has 4 rings (SSSR count). The first-order valence-electron chi connectivity index (χ1n) is 13.7. The molecule has 4 aliphatic rings. The Kier molecular flexibility index (Phi) is 8.60. The lowest BCUT2D eigenvalue weighted by atomic mass is 9.69. The molecule has 0 bridgehead atoms. The molecule has 0 saturated carbocycles. The van der Waals surface area contributed by atoms with Gasteiger partial charge in [0.1, 0.15) is 0 Å². The Morgan fingerprint density at radius 1 is 0.649 bits per heavy atom. The van der Waals surface area contributed by atoms with Gasteiger partial charge in [0, 0.05) is 30.8 Å². The summed E-state index contributed by atoms with van der Waals surface area (Å²) in [7, 11) is 4.05. The molecule has 2 atom stereocenters. The Morgan fingerprint density at radius 2 is 1.08 bits per heavy atom. The molecule has 2 unspecified atom stereocenters. The third-order valence-electron chi connectivity index (χ3n) is 7.83. The van der Waals surface area contributed by atoms with Gasteiger partial charge >= 0.3 is 0 Å². The number of amides is 4. The quantitative estimate of drug-likeness (QED) is 0.356. The minimum atomic E-state index is -0.640. The fourth-order valence-corrected chi connectivity index (χ4v) is 5.60. The Balaban J connectivity index is 1.53. The average molecular weight is 509 g/mol. The molecule has 0 radical (unpaired) electrons. The van der Waals surface area contributed by atoms with E-state index >= 15 is 0 Å². The summed E-state index contributed by atoms with van der Waals surface area (Å²) in [5.41, 5.74) is 1.97. The van der Waals surface area contributed by atoms with Crippen LogP contribution in [0.1, 0.15) is 46.0 Å². The second-order valence-corrected chi connectivity index (χ2v) is 10.6. The van der Waals surface area contributed by atoms with E-state index in [0.717, 1.165) is 45.3 Å². The van der Waals surface area contributed by atoms with Crippen LogP contribution < -0.4 is 0 Å². The third-order valence-corrected chi connectivity index (χ3v) is 7.83. The van der Waals surface area contributed by atoms with Crippen LogP contribution in [0.4, 0.5) is 0 Å². The summed E-state index contributed by atoms with van der Waals surface area (Å²) >= 11 is 0. The maximum absolute atomic E-state index is 13.4. The lowest BCUT2D eigenvalue weighted by Gasteiger charge is -2.42. The summed E-state index contributed by atoms with van der Waals surface area (Å²) in [6.07, 6.45) is 12.0. The zero-order valence-corrected chi connectivity index (χ0v) is 22.7. The van der Waals surface area contributed by atoms with Gasteiger partial charge in [-0.1, -0.05) is 51.0 Å². The molecule has 2 aliphatic heterocycles. The number of imide groups is 2. The van der Waals surface area contributed by atoms with E-state index in [2.05, 4.69) is 30.7 Å². The van der Waals surface area contributed by atoms with Crippen molar-refractivity contribution in [3.8, 4) is 0 Å². The maximum Gasteiger partial charge on any atom is 0.260 e. The van der Waals surface area contributed by atoms with Crippen LogP contribution in [0.5, 0.6) is 0 Å². The number of hydrogen-bond donors (Lipinski definition) is 0. The Labute approximate surface area is 220 Å². The molecule has 2 aliphatic carbocycles. The van der Waals surface area contributed by atoms with Crippen molar-refractivity contribution >= 4 is 23.6 Å². The SMILES string of the molecule is CCCCN(C)CCCN1C(=O)C2=C3C4=C(C=CC3C1=O)C(=O)N(CCN(C)CCCC)C(=O)C4C=C2. The summed E-state index contributed by atoms with van der Waals surface area (Å²) < 4.78 is 0. The van der Waals surface area contributed by atoms with Gasteiger partial charge in [0.25, 0.3) is 11.8 Å². The largest absolute Gasteiger partial charge is 0.306 e. The lowest BCUT2D eigenvalue weighted by Crippen LogP contribution is -2.53. The molecule has 0 N–H and O–H groups in total. The molecule has 0 aromatic heterocycles. The highest BCUT2D eigenvalue weighted by molar-refractivity contribution is 6.18. The van der Waals surface area contributed by atoms with Gasteiger partial charge in [0.05, 0.1) is 11.8 Å². The molecule has 0 saturated heterocycles. The molecular weight excluding hydrogens is 468 g/mol. The van der Waals surface area contributed by atoms with Gasteiger partial charge in [0.15, 0.2) is 0 Å². The van der Waals surface area contributed by atoms with Gasteiger partial charge in [-0.05, 0) is 64.1 Å². The minimum Gasteiger partial charge on any atom is -0.306 e. The fraction of sp³-hybridized carbons (Fsp3) is 0.586. The van der Waals surface area contributed by atoms with E-state index in [1.54, 1.807) is 24.3 Å². The van der Waals surface area contributed by atoms with Crippen LogP contribution in [0.3, 0.4) is 0 Å². The topological polar surface area (TPSA) is 81.2 Å². The molecule has 37 heavy (non-hydrogen) atoms. The summed E-state index contributed by atoms with van der Waals surface area (Å²) in [6, 6.07) is 0. The Hall–Kier alpha value is -2.84. The summed E-state index contributed by atoms with van der Waals surface area (Å²) in [6.45, 7) is 8.29. The summed E-state index contributed by atoms with van der Waals surface area (Å²) in [5.74, 6) is -2.49. The molecule has 2 heterocycles. The zero-order valence-electron chi connectivity index (χ0n) is 22.7. The van der Waals surface area contributed by atoms with Crippen molar-refractivity contribution in [3.63, 3.8) is 0 Å². The highest BCUT2D eigenvalue weighted by Crippen LogP contribution is 2.46. The summed E-state index contributed by atoms with van der Waals surface area (Å²) in [5, 5.41) is 0. The number of likely N-dealkylation sites (N-methyl/N-ethyl adjacent to an activating group) is 1. The molecule has 4 amide bonds. The number of carbonyl (C=O) groups is 4. The third kappa shape index (κ3) is 5.27. The maximum atomic E-state index is 13.4. The van der Waals surface area contributed by atoms with Crippen LogP contribution in [0, 0.1) is 11.8 Å². The van der Waals surface area contributed by atoms with E-state index in [4.69, 9.17) is 0 Å². The fourth-order valence-electron chi connectivity index (χ4n) is 5.60. The monoisotopic (exact) mass is 508 g/mol. The highest BCUT2D eigenvalue weighted by Gasteiger charge is 2.49. The molecular formula is C29H40N4O4. The van der Waals surface area contributed by atoms with Crippen LogP contribution in [0.25, 0.3) is 0 Å². The predicted molar refractivity (Wildman–Crippen MR) is 142 cm³/mol. The predicted octanol–water partition coefficient (Wildman–Crippen LogP) is 2.54. The normalized spacial score (nSPS) is 22.9. The molecule has 0 aromatic carbocycles. The number of rotatable bonds is 13. The Bertz CT molecular complexity index is 1090. The van der Waals surface area contributed by atoms with E-state index in [1.807, 2.05) is 7.05 Å².